The van der Waals surface area contributed by atoms with Crippen LogP contribution in [0.4, 0.5) is 19.6 Å². The Kier molecular flexibility index (Phi) is 5.41. The summed E-state index contributed by atoms with van der Waals surface area (Å²) in [5.74, 6) is -2.10. The highest BCUT2D eigenvalue weighted by Crippen LogP contribution is 2.20. The van der Waals surface area contributed by atoms with Crippen LogP contribution in [-0.4, -0.2) is 23.9 Å². The molecule has 6 nitrogen and oxygen atoms in total. The van der Waals surface area contributed by atoms with Crippen molar-refractivity contribution in [1.29, 1.82) is 0 Å². The maximum absolute atomic E-state index is 13.6. The lowest BCUT2D eigenvalue weighted by atomic mass is 10.2. The van der Waals surface area contributed by atoms with Gasteiger partial charge in [0.25, 0.3) is 11.8 Å². The topological polar surface area (TPSA) is 80.3 Å². The lowest BCUT2D eigenvalue weighted by Gasteiger charge is -2.05. The van der Waals surface area contributed by atoms with Crippen LogP contribution in [0.1, 0.15) is 20.8 Å². The fourth-order valence-electron chi connectivity index (χ4n) is 2.12. The highest BCUT2D eigenvalue weighted by atomic mass is 32.1. The molecule has 0 atom stereocenters. The third-order valence-corrected chi connectivity index (χ3v) is 4.25. The lowest BCUT2D eigenvalue weighted by Crippen LogP contribution is -2.15. The third-order valence-electron chi connectivity index (χ3n) is 3.49. The van der Waals surface area contributed by atoms with Crippen LogP contribution in [-0.2, 0) is 0 Å². The van der Waals surface area contributed by atoms with Crippen LogP contribution in [0.15, 0.2) is 47.8 Å². The fourth-order valence-corrected chi connectivity index (χ4v) is 2.81. The SMILES string of the molecule is COc1ccc(C(=O)Nc2nc(C(=O)Nc3ccc(F)cc3F)cs2)cc1. The molecule has 0 unspecified atom stereocenters. The summed E-state index contributed by atoms with van der Waals surface area (Å²) in [4.78, 5) is 28.3. The van der Waals surface area contributed by atoms with E-state index in [1.807, 2.05) is 0 Å². The minimum absolute atomic E-state index is 0.00578. The second-order valence-corrected chi connectivity index (χ2v) is 6.16. The molecule has 0 fully saturated rings. The number of amides is 2. The van der Waals surface area contributed by atoms with E-state index in [2.05, 4.69) is 15.6 Å². The van der Waals surface area contributed by atoms with Crippen molar-refractivity contribution in [3.05, 3.63) is 70.7 Å². The van der Waals surface area contributed by atoms with E-state index in [1.165, 1.54) is 12.5 Å². The van der Waals surface area contributed by atoms with Crippen LogP contribution in [0.5, 0.6) is 5.75 Å². The van der Waals surface area contributed by atoms with Gasteiger partial charge in [-0.2, -0.15) is 0 Å². The number of nitrogens with zero attached hydrogens (tertiary/aromatic N) is 1. The van der Waals surface area contributed by atoms with Crippen molar-refractivity contribution in [2.45, 2.75) is 0 Å². The summed E-state index contributed by atoms with van der Waals surface area (Å²) in [5, 5.41) is 6.51. The number of carbonyl (C=O) groups excluding carboxylic acids is 2. The van der Waals surface area contributed by atoms with Gasteiger partial charge in [0.15, 0.2) is 5.13 Å². The van der Waals surface area contributed by atoms with Crippen LogP contribution < -0.4 is 15.4 Å². The van der Waals surface area contributed by atoms with E-state index in [4.69, 9.17) is 4.74 Å². The zero-order valence-electron chi connectivity index (χ0n) is 14.0. The number of rotatable bonds is 5. The van der Waals surface area contributed by atoms with Gasteiger partial charge in [0, 0.05) is 17.0 Å². The van der Waals surface area contributed by atoms with Crippen LogP contribution in [0.2, 0.25) is 0 Å². The van der Waals surface area contributed by atoms with Gasteiger partial charge in [0.05, 0.1) is 12.8 Å². The van der Waals surface area contributed by atoms with Gasteiger partial charge < -0.3 is 10.1 Å². The van der Waals surface area contributed by atoms with Crippen LogP contribution in [0.3, 0.4) is 0 Å². The highest BCUT2D eigenvalue weighted by Gasteiger charge is 2.15. The molecule has 27 heavy (non-hydrogen) atoms. The molecule has 3 rings (SSSR count). The van der Waals surface area contributed by atoms with Crippen LogP contribution in [0, 0.1) is 11.6 Å². The smallest absolute Gasteiger partial charge is 0.275 e. The Bertz CT molecular complexity index is 990. The molecule has 9 heteroatoms. The second kappa shape index (κ2) is 7.92. The summed E-state index contributed by atoms with van der Waals surface area (Å²) in [6, 6.07) is 9.28. The molecule has 0 aliphatic rings. The Balaban J connectivity index is 1.66. The Labute approximate surface area is 156 Å². The highest BCUT2D eigenvalue weighted by molar-refractivity contribution is 7.14. The molecule has 2 amide bonds. The molecule has 0 aliphatic heterocycles. The third kappa shape index (κ3) is 4.45. The van der Waals surface area contributed by atoms with Crippen molar-refractivity contribution >= 4 is 34.0 Å². The molecule has 2 N–H and O–H groups in total. The number of carbonyl (C=O) groups is 2. The van der Waals surface area contributed by atoms with Gasteiger partial charge in [-0.25, -0.2) is 13.8 Å². The number of aromatic nitrogens is 1. The second-order valence-electron chi connectivity index (χ2n) is 5.30. The number of nitrogens with one attached hydrogen (secondary N) is 2. The maximum atomic E-state index is 13.6. The first kappa shape index (κ1) is 18.5. The van der Waals surface area contributed by atoms with Gasteiger partial charge >= 0.3 is 0 Å². The standard InChI is InChI=1S/C18H13F2N3O3S/c1-26-12-5-2-10(3-6-12)16(24)23-18-22-15(9-27-18)17(25)21-14-7-4-11(19)8-13(14)20/h2-9H,1H3,(H,21,25)(H,22,23,24). The first-order valence-electron chi connectivity index (χ1n) is 7.63. The summed E-state index contributed by atoms with van der Waals surface area (Å²) < 4.78 is 31.5. The van der Waals surface area contributed by atoms with Gasteiger partial charge in [-0.15, -0.1) is 11.3 Å². The van der Waals surface area contributed by atoms with E-state index in [-0.39, 0.29) is 16.5 Å². The first-order chi connectivity index (χ1) is 13.0. The van der Waals surface area contributed by atoms with Gasteiger partial charge in [-0.1, -0.05) is 0 Å². The molecule has 0 aliphatic carbocycles. The van der Waals surface area contributed by atoms with Gasteiger partial charge in [-0.3, -0.25) is 14.9 Å². The van der Waals surface area contributed by atoms with E-state index >= 15 is 0 Å². The molecule has 138 valence electrons. The number of halogens is 2. The van der Waals surface area contributed by atoms with Crippen molar-refractivity contribution in [1.82, 2.24) is 4.98 Å². The normalized spacial score (nSPS) is 10.3. The molecule has 0 radical (unpaired) electrons. The zero-order valence-corrected chi connectivity index (χ0v) is 14.8. The lowest BCUT2D eigenvalue weighted by molar-refractivity contribution is 0.101. The largest absolute Gasteiger partial charge is 0.497 e. The Morgan fingerprint density at radius 3 is 2.44 bits per heavy atom. The molecule has 0 bridgehead atoms. The minimum Gasteiger partial charge on any atom is -0.497 e. The maximum Gasteiger partial charge on any atom is 0.275 e. The number of methoxy groups -OCH3 is 1. The Morgan fingerprint density at radius 1 is 1.04 bits per heavy atom. The monoisotopic (exact) mass is 389 g/mol. The van der Waals surface area contributed by atoms with E-state index < -0.39 is 23.4 Å². The fraction of sp³-hybridized carbons (Fsp3) is 0.0556. The van der Waals surface area contributed by atoms with Crippen molar-refractivity contribution in [2.24, 2.45) is 0 Å². The molecule has 0 saturated heterocycles. The number of hydrogen-bond donors (Lipinski definition) is 2. The first-order valence-corrected chi connectivity index (χ1v) is 8.51. The minimum atomic E-state index is -0.897. The number of hydrogen-bond acceptors (Lipinski definition) is 5. The molecule has 0 spiro atoms. The number of thiazole rings is 1. The molecule has 1 aromatic heterocycles. The average Bonchev–Trinajstić information content (AvgIpc) is 3.12. The molecular weight excluding hydrogens is 376 g/mol. The van der Waals surface area contributed by atoms with Crippen LogP contribution >= 0.6 is 11.3 Å². The molecule has 3 aromatic rings. The Hall–Kier alpha value is -3.33. The predicted octanol–water partition coefficient (Wildman–Crippen LogP) is 3.93. The van der Waals surface area contributed by atoms with Gasteiger partial charge in [0.2, 0.25) is 0 Å². The van der Waals surface area contributed by atoms with Crippen molar-refractivity contribution in [3.63, 3.8) is 0 Å². The number of benzene rings is 2. The summed E-state index contributed by atoms with van der Waals surface area (Å²) in [6.07, 6.45) is 0. The summed E-state index contributed by atoms with van der Waals surface area (Å²) >= 11 is 1.04. The quantitative estimate of drug-likeness (QED) is 0.693. The summed E-state index contributed by atoms with van der Waals surface area (Å²) in [6.45, 7) is 0. The molecule has 2 aromatic carbocycles. The van der Waals surface area contributed by atoms with Gasteiger partial charge in [0.1, 0.15) is 23.1 Å². The average molecular weight is 389 g/mol. The molecule has 0 saturated carbocycles. The van der Waals surface area contributed by atoms with Crippen molar-refractivity contribution < 1.29 is 23.1 Å². The molecule has 1 heterocycles. The van der Waals surface area contributed by atoms with Crippen molar-refractivity contribution in [2.75, 3.05) is 17.7 Å². The Morgan fingerprint density at radius 2 is 1.78 bits per heavy atom. The van der Waals surface area contributed by atoms with Gasteiger partial charge in [-0.05, 0) is 36.4 Å². The summed E-state index contributed by atoms with van der Waals surface area (Å²) in [7, 11) is 1.52. The van der Waals surface area contributed by atoms with E-state index in [0.717, 1.165) is 23.5 Å². The number of ether oxygens (including phenoxy) is 1. The van der Waals surface area contributed by atoms with E-state index in [9.17, 15) is 18.4 Å². The van der Waals surface area contributed by atoms with Crippen LogP contribution in [0.25, 0.3) is 0 Å². The molecular formula is C18H13F2N3O3S. The van der Waals surface area contributed by atoms with E-state index in [1.54, 1.807) is 24.3 Å². The summed E-state index contributed by atoms with van der Waals surface area (Å²) in [5.41, 5.74) is 0.220. The number of anilines is 2. The van der Waals surface area contributed by atoms with Crippen molar-refractivity contribution in [3.8, 4) is 5.75 Å². The van der Waals surface area contributed by atoms with E-state index in [0.29, 0.717) is 17.4 Å². The zero-order chi connectivity index (χ0) is 19.4. The predicted molar refractivity (Wildman–Crippen MR) is 97.4 cm³/mol.